The average molecular weight is 576 g/mol. The third kappa shape index (κ3) is 6.39. The summed E-state index contributed by atoms with van der Waals surface area (Å²) in [5.74, 6) is 0.810. The van der Waals surface area contributed by atoms with Crippen LogP contribution in [0.4, 0.5) is 10.7 Å². The van der Waals surface area contributed by atoms with Crippen LogP contribution in [-0.2, 0) is 28.9 Å². The Kier molecular flexibility index (Phi) is 9.18. The predicted octanol–water partition coefficient (Wildman–Crippen LogP) is 6.43. The largest absolute Gasteiger partial charge is 0.462 e. The number of anilines is 2. The molecule has 4 aromatic rings. The highest BCUT2D eigenvalue weighted by Crippen LogP contribution is 2.38. The maximum Gasteiger partial charge on any atom is 0.341 e. The Labute approximate surface area is 242 Å². The second kappa shape index (κ2) is 13.1. The van der Waals surface area contributed by atoms with E-state index in [1.807, 2.05) is 53.1 Å². The first-order chi connectivity index (χ1) is 19.5. The van der Waals surface area contributed by atoms with E-state index in [4.69, 9.17) is 4.74 Å². The number of amides is 1. The highest BCUT2D eigenvalue weighted by atomic mass is 32.2. The zero-order valence-corrected chi connectivity index (χ0v) is 24.4. The number of nitrogens with one attached hydrogen (secondary N) is 2. The smallest absolute Gasteiger partial charge is 0.341 e. The first kappa shape index (κ1) is 27.9. The number of benzene rings is 2. The monoisotopic (exact) mass is 575 g/mol. The highest BCUT2D eigenvalue weighted by Gasteiger charge is 2.27. The normalized spacial score (nSPS) is 12.6. The number of rotatable bonds is 11. The molecule has 2 heterocycles. The maximum absolute atomic E-state index is 13.0. The fourth-order valence-corrected chi connectivity index (χ4v) is 6.99. The first-order valence-electron chi connectivity index (χ1n) is 13.6. The molecule has 0 unspecified atom stereocenters. The van der Waals surface area contributed by atoms with Gasteiger partial charge in [0.2, 0.25) is 5.91 Å². The molecule has 2 aromatic heterocycles. The van der Waals surface area contributed by atoms with Crippen molar-refractivity contribution in [3.05, 3.63) is 82.0 Å². The van der Waals surface area contributed by atoms with Crippen LogP contribution in [-0.4, -0.2) is 39.0 Å². The standard InChI is InChI=1S/C30H33N5O3S2/c1-3-38-29(37)27-22-14-8-10-16-24(22)40-28(27)32-26(36)17-18-39-30-34-33-25(35(30)21-12-5-4-6-13-21)19-31-23-15-9-7-11-20(23)2/h4-7,9,11-13,15,31H,3,8,10,14,16-19H2,1-2H3,(H,32,36). The summed E-state index contributed by atoms with van der Waals surface area (Å²) in [6.45, 7) is 4.67. The zero-order chi connectivity index (χ0) is 27.9. The SMILES string of the molecule is CCOC(=O)c1c(NC(=O)CCSc2nnc(CNc3ccccc3C)n2-c2ccccc2)sc2c1CCCC2. The van der Waals surface area contributed by atoms with Gasteiger partial charge >= 0.3 is 5.97 Å². The molecule has 40 heavy (non-hydrogen) atoms. The number of fused-ring (bicyclic) bond motifs is 1. The fourth-order valence-electron chi connectivity index (χ4n) is 4.79. The Morgan fingerprint density at radius 2 is 1.82 bits per heavy atom. The van der Waals surface area contributed by atoms with E-state index in [-0.39, 0.29) is 18.3 Å². The number of esters is 1. The minimum Gasteiger partial charge on any atom is -0.462 e. The van der Waals surface area contributed by atoms with Crippen LogP contribution in [0.3, 0.4) is 0 Å². The van der Waals surface area contributed by atoms with E-state index in [0.717, 1.165) is 59.2 Å². The van der Waals surface area contributed by atoms with E-state index < -0.39 is 0 Å². The maximum atomic E-state index is 13.0. The molecule has 2 aromatic carbocycles. The lowest BCUT2D eigenvalue weighted by Crippen LogP contribution is -2.16. The Balaban J connectivity index is 1.27. The number of aromatic nitrogens is 3. The number of nitrogens with zero attached hydrogens (tertiary/aromatic N) is 3. The van der Waals surface area contributed by atoms with E-state index in [0.29, 0.717) is 29.5 Å². The summed E-state index contributed by atoms with van der Waals surface area (Å²) in [6.07, 6.45) is 4.21. The van der Waals surface area contributed by atoms with E-state index in [1.165, 1.54) is 28.0 Å². The van der Waals surface area contributed by atoms with Crippen molar-refractivity contribution in [1.29, 1.82) is 0 Å². The molecule has 0 bridgehead atoms. The van der Waals surface area contributed by atoms with Crippen molar-refractivity contribution in [2.24, 2.45) is 0 Å². The van der Waals surface area contributed by atoms with Crippen LogP contribution < -0.4 is 10.6 Å². The van der Waals surface area contributed by atoms with Gasteiger partial charge in [-0.05, 0) is 68.9 Å². The molecule has 2 N–H and O–H groups in total. The van der Waals surface area contributed by atoms with Crippen LogP contribution in [0.1, 0.15) is 58.4 Å². The lowest BCUT2D eigenvalue weighted by Gasteiger charge is -2.13. The molecule has 0 radical (unpaired) electrons. The molecule has 0 saturated heterocycles. The van der Waals surface area contributed by atoms with Crippen LogP contribution in [0.25, 0.3) is 5.69 Å². The number of para-hydroxylation sites is 2. The molecule has 1 amide bonds. The number of thioether (sulfide) groups is 1. The molecule has 5 rings (SSSR count). The van der Waals surface area contributed by atoms with E-state index >= 15 is 0 Å². The topological polar surface area (TPSA) is 98.1 Å². The molecule has 0 fully saturated rings. The van der Waals surface area contributed by atoms with E-state index in [9.17, 15) is 9.59 Å². The van der Waals surface area contributed by atoms with Crippen molar-refractivity contribution < 1.29 is 14.3 Å². The van der Waals surface area contributed by atoms with Gasteiger partial charge in [-0.2, -0.15) is 0 Å². The van der Waals surface area contributed by atoms with Gasteiger partial charge in [0.1, 0.15) is 5.00 Å². The van der Waals surface area contributed by atoms with Crippen molar-refractivity contribution in [3.8, 4) is 5.69 Å². The highest BCUT2D eigenvalue weighted by molar-refractivity contribution is 7.99. The molecular weight excluding hydrogens is 542 g/mol. The van der Waals surface area contributed by atoms with Crippen LogP contribution >= 0.6 is 23.1 Å². The first-order valence-corrected chi connectivity index (χ1v) is 15.4. The Bertz CT molecular complexity index is 1480. The van der Waals surface area contributed by atoms with Gasteiger partial charge in [-0.15, -0.1) is 21.5 Å². The van der Waals surface area contributed by atoms with Gasteiger partial charge in [-0.25, -0.2) is 4.79 Å². The molecule has 8 nitrogen and oxygen atoms in total. The summed E-state index contributed by atoms with van der Waals surface area (Å²) in [7, 11) is 0. The summed E-state index contributed by atoms with van der Waals surface area (Å²) in [6, 6.07) is 18.1. The van der Waals surface area contributed by atoms with Crippen LogP contribution in [0.5, 0.6) is 0 Å². The van der Waals surface area contributed by atoms with Gasteiger partial charge in [0.05, 0.1) is 18.7 Å². The number of thiophene rings is 1. The molecule has 0 saturated carbocycles. The van der Waals surface area contributed by atoms with Gasteiger partial charge in [-0.3, -0.25) is 9.36 Å². The lowest BCUT2D eigenvalue weighted by atomic mass is 9.95. The summed E-state index contributed by atoms with van der Waals surface area (Å²) in [5.41, 5.74) is 4.75. The fraction of sp³-hybridized carbons (Fsp3) is 0.333. The summed E-state index contributed by atoms with van der Waals surface area (Å²) >= 11 is 2.99. The Hall–Kier alpha value is -3.63. The number of carbonyl (C=O) groups is 2. The molecule has 0 spiro atoms. The lowest BCUT2D eigenvalue weighted by molar-refractivity contribution is -0.115. The molecule has 1 aliphatic rings. The van der Waals surface area contributed by atoms with Crippen molar-refractivity contribution in [1.82, 2.24) is 14.8 Å². The van der Waals surface area contributed by atoms with Gasteiger partial charge < -0.3 is 15.4 Å². The van der Waals surface area contributed by atoms with Crippen molar-refractivity contribution in [3.63, 3.8) is 0 Å². The van der Waals surface area contributed by atoms with Gasteiger partial charge in [0.25, 0.3) is 0 Å². The molecule has 208 valence electrons. The number of carbonyl (C=O) groups excluding carboxylic acids is 2. The molecule has 0 atom stereocenters. The predicted molar refractivity (Wildman–Crippen MR) is 161 cm³/mol. The van der Waals surface area contributed by atoms with Crippen molar-refractivity contribution in [2.45, 2.75) is 57.7 Å². The van der Waals surface area contributed by atoms with Crippen LogP contribution in [0.2, 0.25) is 0 Å². The van der Waals surface area contributed by atoms with Crippen molar-refractivity contribution in [2.75, 3.05) is 23.0 Å². The van der Waals surface area contributed by atoms with Gasteiger partial charge in [0.15, 0.2) is 11.0 Å². The average Bonchev–Trinajstić information content (AvgIpc) is 3.54. The molecule has 10 heteroatoms. The third-order valence-electron chi connectivity index (χ3n) is 6.76. The zero-order valence-electron chi connectivity index (χ0n) is 22.7. The quantitative estimate of drug-likeness (QED) is 0.157. The summed E-state index contributed by atoms with van der Waals surface area (Å²) < 4.78 is 7.34. The summed E-state index contributed by atoms with van der Waals surface area (Å²) in [4.78, 5) is 26.9. The number of hydrogen-bond donors (Lipinski definition) is 2. The second-order valence-electron chi connectivity index (χ2n) is 9.52. The van der Waals surface area contributed by atoms with E-state index in [1.54, 1.807) is 6.92 Å². The van der Waals surface area contributed by atoms with Gasteiger partial charge in [-0.1, -0.05) is 48.2 Å². The van der Waals surface area contributed by atoms with Crippen LogP contribution in [0, 0.1) is 6.92 Å². The number of aryl methyl sites for hydroxylation is 2. The minimum absolute atomic E-state index is 0.135. The number of hydrogen-bond acceptors (Lipinski definition) is 8. The van der Waals surface area contributed by atoms with Gasteiger partial charge in [0, 0.05) is 28.4 Å². The van der Waals surface area contributed by atoms with Crippen molar-refractivity contribution >= 4 is 45.7 Å². The Morgan fingerprint density at radius 3 is 2.62 bits per heavy atom. The number of ether oxygens (including phenoxy) is 1. The molecule has 0 aliphatic heterocycles. The Morgan fingerprint density at radius 1 is 1.05 bits per heavy atom. The third-order valence-corrected chi connectivity index (χ3v) is 8.90. The van der Waals surface area contributed by atoms with Crippen LogP contribution in [0.15, 0.2) is 59.8 Å². The minimum atomic E-state index is -0.352. The molecule has 1 aliphatic carbocycles. The summed E-state index contributed by atoms with van der Waals surface area (Å²) in [5, 5.41) is 16.7. The van der Waals surface area contributed by atoms with E-state index in [2.05, 4.69) is 33.8 Å². The second-order valence-corrected chi connectivity index (χ2v) is 11.7. The molecular formula is C30H33N5O3S2.